The predicted octanol–water partition coefficient (Wildman–Crippen LogP) is 9.01. The highest BCUT2D eigenvalue weighted by atomic mass is 32.1. The number of rotatable bonds is 1. The van der Waals surface area contributed by atoms with Gasteiger partial charge in [0.1, 0.15) is 0 Å². The van der Waals surface area contributed by atoms with Crippen LogP contribution in [0.5, 0.6) is 0 Å². The van der Waals surface area contributed by atoms with Crippen molar-refractivity contribution in [3.05, 3.63) is 132 Å². The zero-order chi connectivity index (χ0) is 28.2. The van der Waals surface area contributed by atoms with Crippen molar-refractivity contribution in [2.24, 2.45) is 0 Å². The van der Waals surface area contributed by atoms with Crippen molar-refractivity contribution < 1.29 is 0 Å². The number of nitrogens with zero attached hydrogens (tertiary/aromatic N) is 4. The number of para-hydroxylation sites is 3. The van der Waals surface area contributed by atoms with Gasteiger partial charge in [0.25, 0.3) is 5.56 Å². The third-order valence-electron chi connectivity index (χ3n) is 8.69. The Morgan fingerprint density at radius 1 is 0.535 bits per heavy atom. The van der Waals surface area contributed by atoms with Gasteiger partial charge in [-0.25, -0.2) is 14.4 Å². The maximum atomic E-state index is 14.4. The summed E-state index contributed by atoms with van der Waals surface area (Å²) in [5, 5.41) is 8.57. The van der Waals surface area contributed by atoms with Crippen LogP contribution in [0.2, 0.25) is 0 Å². The van der Waals surface area contributed by atoms with Gasteiger partial charge < -0.3 is 0 Å². The van der Waals surface area contributed by atoms with Gasteiger partial charge in [-0.05, 0) is 47.2 Å². The Hall–Kier alpha value is -5.59. The molecule has 4 heterocycles. The van der Waals surface area contributed by atoms with E-state index in [9.17, 15) is 4.79 Å². The van der Waals surface area contributed by atoms with Crippen LogP contribution in [-0.2, 0) is 0 Å². The van der Waals surface area contributed by atoms with Gasteiger partial charge in [0, 0.05) is 31.6 Å². The summed E-state index contributed by atoms with van der Waals surface area (Å²) in [4.78, 5) is 24.7. The van der Waals surface area contributed by atoms with Gasteiger partial charge in [0.05, 0.1) is 32.2 Å². The summed E-state index contributed by atoms with van der Waals surface area (Å²) in [6.07, 6.45) is 0. The van der Waals surface area contributed by atoms with Gasteiger partial charge >= 0.3 is 0 Å². The smallest absolute Gasteiger partial charge is 0.268 e. The molecule has 0 atom stereocenters. The molecular formula is C37H20N4OS. The van der Waals surface area contributed by atoms with Crippen LogP contribution < -0.4 is 5.56 Å². The Bertz CT molecular complexity index is 2880. The molecule has 4 aromatic heterocycles. The van der Waals surface area contributed by atoms with E-state index >= 15 is 0 Å². The van der Waals surface area contributed by atoms with Crippen molar-refractivity contribution in [3.63, 3.8) is 0 Å². The standard InChI is InChI=1S/C37H20N4OS/c42-36-24-14-4-8-18-28(24)38-35-23-13-3-7-17-27(23)39-37(41(35)36)40-29-19-9-5-15-25(29)31-21-11-1-2-12-22(21)32-26-16-6-10-20-30(26)43-34(32)33(31)40/h1-20H. The molecule has 0 radical (unpaired) electrons. The molecule has 0 bridgehead atoms. The lowest BCUT2D eigenvalue weighted by atomic mass is 9.99. The van der Waals surface area contributed by atoms with Crippen LogP contribution in [0.25, 0.3) is 86.2 Å². The van der Waals surface area contributed by atoms with Crippen molar-refractivity contribution in [2.45, 2.75) is 0 Å². The Balaban J connectivity index is 1.55. The van der Waals surface area contributed by atoms with Crippen molar-refractivity contribution in [3.8, 4) is 5.95 Å². The molecule has 6 heteroatoms. The minimum Gasteiger partial charge on any atom is -0.277 e. The first kappa shape index (κ1) is 23.0. The molecule has 200 valence electrons. The number of fused-ring (bicyclic) bond motifs is 14. The van der Waals surface area contributed by atoms with Crippen molar-refractivity contribution >= 4 is 91.5 Å². The Morgan fingerprint density at radius 2 is 1.12 bits per heavy atom. The summed E-state index contributed by atoms with van der Waals surface area (Å²) in [7, 11) is 0. The van der Waals surface area contributed by atoms with E-state index in [0.717, 1.165) is 32.7 Å². The maximum absolute atomic E-state index is 14.4. The molecule has 10 rings (SSSR count). The topological polar surface area (TPSA) is 52.2 Å². The summed E-state index contributed by atoms with van der Waals surface area (Å²) < 4.78 is 6.32. The fourth-order valence-electron chi connectivity index (χ4n) is 6.90. The van der Waals surface area contributed by atoms with E-state index in [2.05, 4.69) is 77.4 Å². The van der Waals surface area contributed by atoms with Crippen LogP contribution in [0.1, 0.15) is 0 Å². The summed E-state index contributed by atoms with van der Waals surface area (Å²) in [6, 6.07) is 41.2. The molecule has 0 N–H and O–H groups in total. The molecule has 43 heavy (non-hydrogen) atoms. The second-order valence-corrected chi connectivity index (χ2v) is 12.0. The van der Waals surface area contributed by atoms with Crippen LogP contribution in [0, 0.1) is 0 Å². The molecular weight excluding hydrogens is 549 g/mol. The molecule has 0 saturated carbocycles. The van der Waals surface area contributed by atoms with E-state index in [-0.39, 0.29) is 5.56 Å². The fourth-order valence-corrected chi connectivity index (χ4v) is 8.16. The number of hydrogen-bond donors (Lipinski definition) is 0. The lowest BCUT2D eigenvalue weighted by Crippen LogP contribution is -2.21. The molecule has 0 aliphatic rings. The molecule has 6 aromatic carbocycles. The molecule has 0 fully saturated rings. The number of thiophene rings is 1. The molecule has 0 aliphatic carbocycles. The van der Waals surface area contributed by atoms with Gasteiger partial charge in [-0.15, -0.1) is 11.3 Å². The van der Waals surface area contributed by atoms with Gasteiger partial charge in [-0.3, -0.25) is 9.36 Å². The van der Waals surface area contributed by atoms with Crippen LogP contribution >= 0.6 is 11.3 Å². The second kappa shape index (κ2) is 8.25. The first-order chi connectivity index (χ1) is 21.3. The highest BCUT2D eigenvalue weighted by Gasteiger charge is 2.24. The largest absolute Gasteiger partial charge is 0.277 e. The lowest BCUT2D eigenvalue weighted by molar-refractivity contribution is 0.929. The van der Waals surface area contributed by atoms with Crippen molar-refractivity contribution in [1.29, 1.82) is 0 Å². The molecule has 0 aliphatic heterocycles. The van der Waals surface area contributed by atoms with Gasteiger partial charge in [-0.2, -0.15) is 0 Å². The number of hydrogen-bond acceptors (Lipinski definition) is 4. The van der Waals surface area contributed by atoms with E-state index in [1.165, 1.54) is 30.9 Å². The molecule has 5 nitrogen and oxygen atoms in total. The average Bonchev–Trinajstić information content (AvgIpc) is 3.61. The van der Waals surface area contributed by atoms with E-state index in [4.69, 9.17) is 9.97 Å². The predicted molar refractivity (Wildman–Crippen MR) is 179 cm³/mol. The lowest BCUT2D eigenvalue weighted by Gasteiger charge is -2.15. The monoisotopic (exact) mass is 568 g/mol. The number of benzene rings is 6. The molecule has 10 aromatic rings. The van der Waals surface area contributed by atoms with Crippen LogP contribution in [0.3, 0.4) is 0 Å². The minimum atomic E-state index is -0.131. The zero-order valence-electron chi connectivity index (χ0n) is 22.7. The van der Waals surface area contributed by atoms with Crippen LogP contribution in [0.4, 0.5) is 0 Å². The summed E-state index contributed by atoms with van der Waals surface area (Å²) in [5.41, 5.74) is 3.99. The highest BCUT2D eigenvalue weighted by Crippen LogP contribution is 2.47. The quantitative estimate of drug-likeness (QED) is 0.147. The number of aromatic nitrogens is 4. The zero-order valence-corrected chi connectivity index (χ0v) is 23.5. The molecule has 0 spiro atoms. The SMILES string of the molecule is O=c1c2ccccc2nc2c3ccccc3nc(-n3c4ccccc4c4c5ccccc5c5c6ccccc6sc5c43)n12. The fraction of sp³-hybridized carbons (Fsp3) is 0. The van der Waals surface area contributed by atoms with Crippen LogP contribution in [0.15, 0.2) is 126 Å². The Labute approximate surface area is 247 Å². The van der Waals surface area contributed by atoms with E-state index < -0.39 is 0 Å². The maximum Gasteiger partial charge on any atom is 0.268 e. The average molecular weight is 569 g/mol. The van der Waals surface area contributed by atoms with Gasteiger partial charge in [-0.1, -0.05) is 84.9 Å². The summed E-state index contributed by atoms with van der Waals surface area (Å²) in [5.74, 6) is 0.539. The first-order valence-corrected chi connectivity index (χ1v) is 15.1. The van der Waals surface area contributed by atoms with E-state index in [1.54, 1.807) is 15.7 Å². The highest BCUT2D eigenvalue weighted by molar-refractivity contribution is 7.27. The second-order valence-electron chi connectivity index (χ2n) is 10.9. The first-order valence-electron chi connectivity index (χ1n) is 14.2. The summed E-state index contributed by atoms with van der Waals surface area (Å²) in [6.45, 7) is 0. The normalized spacial score (nSPS) is 12.3. The van der Waals surface area contributed by atoms with Crippen molar-refractivity contribution in [2.75, 3.05) is 0 Å². The van der Waals surface area contributed by atoms with Crippen LogP contribution in [-0.4, -0.2) is 18.9 Å². The van der Waals surface area contributed by atoms with E-state index in [1.807, 2.05) is 48.5 Å². The van der Waals surface area contributed by atoms with Gasteiger partial charge in [0.2, 0.25) is 5.95 Å². The third kappa shape index (κ3) is 2.92. The van der Waals surface area contributed by atoms with E-state index in [0.29, 0.717) is 22.5 Å². The third-order valence-corrected chi connectivity index (χ3v) is 9.87. The van der Waals surface area contributed by atoms with Gasteiger partial charge in [0.15, 0.2) is 5.65 Å². The molecule has 0 saturated heterocycles. The Kier molecular flexibility index (Phi) is 4.42. The molecule has 0 unspecified atom stereocenters. The van der Waals surface area contributed by atoms with Crippen molar-refractivity contribution in [1.82, 2.24) is 18.9 Å². The molecule has 0 amide bonds. The Morgan fingerprint density at radius 3 is 1.91 bits per heavy atom. The minimum absolute atomic E-state index is 0.131. The summed E-state index contributed by atoms with van der Waals surface area (Å²) >= 11 is 1.79.